The molecule has 0 radical (unpaired) electrons. The van der Waals surface area contributed by atoms with Crippen LogP contribution in [0.3, 0.4) is 0 Å². The predicted octanol–water partition coefficient (Wildman–Crippen LogP) is 2.02. The summed E-state index contributed by atoms with van der Waals surface area (Å²) in [5.74, 6) is 0. The first kappa shape index (κ1) is 14.1. The molecule has 3 atom stereocenters. The summed E-state index contributed by atoms with van der Waals surface area (Å²) >= 11 is 0. The number of benzene rings is 1. The van der Waals surface area contributed by atoms with Crippen LogP contribution in [-0.2, 0) is 17.6 Å². The van der Waals surface area contributed by atoms with Crippen molar-refractivity contribution in [1.29, 1.82) is 0 Å². The molecule has 3 nitrogen and oxygen atoms in total. The highest BCUT2D eigenvalue weighted by molar-refractivity contribution is 5.23. The molecule has 1 aromatic carbocycles. The first-order valence-electron chi connectivity index (χ1n) is 7.88. The normalized spacial score (nSPS) is 28.3. The molecule has 3 heteroatoms. The Kier molecular flexibility index (Phi) is 4.39. The van der Waals surface area contributed by atoms with Crippen molar-refractivity contribution in [2.24, 2.45) is 0 Å². The number of fused-ring (bicyclic) bond motifs is 1. The van der Waals surface area contributed by atoms with Crippen molar-refractivity contribution in [1.82, 2.24) is 4.90 Å². The first-order chi connectivity index (χ1) is 9.76. The topological polar surface area (TPSA) is 32.7 Å². The molecule has 0 aliphatic carbocycles. The number of aryl methyl sites for hydroxylation is 1. The van der Waals surface area contributed by atoms with Gasteiger partial charge in [-0.15, -0.1) is 0 Å². The molecule has 2 heterocycles. The number of nitrogens with zero attached hydrogens (tertiary/aromatic N) is 1. The molecule has 2 fully saturated rings. The van der Waals surface area contributed by atoms with Crippen LogP contribution >= 0.6 is 0 Å². The van der Waals surface area contributed by atoms with E-state index in [4.69, 9.17) is 4.74 Å². The summed E-state index contributed by atoms with van der Waals surface area (Å²) in [6, 6.07) is 9.16. The van der Waals surface area contributed by atoms with Crippen LogP contribution in [0.5, 0.6) is 0 Å². The smallest absolute Gasteiger partial charge is 0.0964 e. The Morgan fingerprint density at radius 3 is 2.80 bits per heavy atom. The standard InChI is InChI=1S/C17H25NO2/c1-2-13-5-7-14(8-6-13)10-16(19)17-11-18-9-3-4-15(18)12-20-17/h5-8,15-17,19H,2-4,9-12H2,1H3. The van der Waals surface area contributed by atoms with E-state index in [9.17, 15) is 5.11 Å². The number of hydrogen-bond acceptors (Lipinski definition) is 3. The van der Waals surface area contributed by atoms with Crippen LogP contribution in [0.25, 0.3) is 0 Å². The molecule has 0 saturated carbocycles. The fraction of sp³-hybridized carbons (Fsp3) is 0.647. The number of aliphatic hydroxyl groups is 1. The lowest BCUT2D eigenvalue weighted by Crippen LogP contribution is -2.50. The van der Waals surface area contributed by atoms with E-state index in [2.05, 4.69) is 36.1 Å². The molecule has 2 aliphatic rings. The van der Waals surface area contributed by atoms with Gasteiger partial charge in [-0.1, -0.05) is 31.2 Å². The molecule has 1 aromatic rings. The third-order valence-corrected chi connectivity index (χ3v) is 4.72. The minimum atomic E-state index is -0.399. The molecule has 2 saturated heterocycles. The van der Waals surface area contributed by atoms with Crippen LogP contribution in [0.2, 0.25) is 0 Å². The number of morpholine rings is 1. The molecule has 3 rings (SSSR count). The maximum Gasteiger partial charge on any atom is 0.0964 e. The van der Waals surface area contributed by atoms with E-state index in [1.54, 1.807) is 0 Å². The fourth-order valence-corrected chi connectivity index (χ4v) is 3.36. The Balaban J connectivity index is 1.56. The van der Waals surface area contributed by atoms with Gasteiger partial charge in [-0.05, 0) is 36.9 Å². The zero-order valence-electron chi connectivity index (χ0n) is 12.3. The van der Waals surface area contributed by atoms with E-state index in [0.29, 0.717) is 12.5 Å². The molecule has 0 bridgehead atoms. The number of ether oxygens (including phenoxy) is 1. The van der Waals surface area contributed by atoms with Gasteiger partial charge in [-0.3, -0.25) is 4.90 Å². The average Bonchev–Trinajstić information content (AvgIpc) is 2.95. The molecule has 0 amide bonds. The van der Waals surface area contributed by atoms with Crippen LogP contribution in [-0.4, -0.2) is 48.0 Å². The number of aliphatic hydroxyl groups excluding tert-OH is 1. The summed E-state index contributed by atoms with van der Waals surface area (Å²) < 4.78 is 5.88. The molecule has 3 unspecified atom stereocenters. The fourth-order valence-electron chi connectivity index (χ4n) is 3.36. The average molecular weight is 275 g/mol. The van der Waals surface area contributed by atoms with Gasteiger partial charge in [0.1, 0.15) is 0 Å². The summed E-state index contributed by atoms with van der Waals surface area (Å²) in [7, 11) is 0. The molecule has 0 aromatic heterocycles. The molecule has 1 N–H and O–H groups in total. The van der Waals surface area contributed by atoms with E-state index in [-0.39, 0.29) is 6.10 Å². The minimum absolute atomic E-state index is 0.0322. The molecule has 2 aliphatic heterocycles. The largest absolute Gasteiger partial charge is 0.390 e. The third-order valence-electron chi connectivity index (χ3n) is 4.72. The maximum absolute atomic E-state index is 10.4. The van der Waals surface area contributed by atoms with E-state index in [1.165, 1.54) is 30.5 Å². The van der Waals surface area contributed by atoms with Crippen molar-refractivity contribution < 1.29 is 9.84 Å². The summed E-state index contributed by atoms with van der Waals surface area (Å²) in [4.78, 5) is 2.48. The molecule has 20 heavy (non-hydrogen) atoms. The highest BCUT2D eigenvalue weighted by Crippen LogP contribution is 2.24. The Bertz CT molecular complexity index is 431. The van der Waals surface area contributed by atoms with Crippen LogP contribution < -0.4 is 0 Å². The highest BCUT2D eigenvalue weighted by Gasteiger charge is 2.35. The monoisotopic (exact) mass is 275 g/mol. The van der Waals surface area contributed by atoms with Crippen LogP contribution in [0.1, 0.15) is 30.9 Å². The van der Waals surface area contributed by atoms with Crippen molar-refractivity contribution in [3.63, 3.8) is 0 Å². The van der Waals surface area contributed by atoms with E-state index < -0.39 is 6.10 Å². The van der Waals surface area contributed by atoms with Crippen molar-refractivity contribution in [2.75, 3.05) is 19.7 Å². The highest BCUT2D eigenvalue weighted by atomic mass is 16.5. The van der Waals surface area contributed by atoms with Crippen molar-refractivity contribution in [3.8, 4) is 0 Å². The van der Waals surface area contributed by atoms with Gasteiger partial charge in [0.15, 0.2) is 0 Å². The van der Waals surface area contributed by atoms with Crippen molar-refractivity contribution in [2.45, 2.75) is 50.9 Å². The van der Waals surface area contributed by atoms with E-state index in [1.807, 2.05) is 0 Å². The molecular formula is C17H25NO2. The maximum atomic E-state index is 10.4. The second kappa shape index (κ2) is 6.25. The predicted molar refractivity (Wildman–Crippen MR) is 79.9 cm³/mol. The summed E-state index contributed by atoms with van der Waals surface area (Å²) in [6.07, 6.45) is 3.84. The molecular weight excluding hydrogens is 250 g/mol. The summed E-state index contributed by atoms with van der Waals surface area (Å²) in [5.41, 5.74) is 2.54. The van der Waals surface area contributed by atoms with Crippen molar-refractivity contribution in [3.05, 3.63) is 35.4 Å². The Morgan fingerprint density at radius 2 is 2.05 bits per heavy atom. The second-order valence-electron chi connectivity index (χ2n) is 6.10. The number of hydrogen-bond donors (Lipinski definition) is 1. The van der Waals surface area contributed by atoms with Gasteiger partial charge in [0.05, 0.1) is 18.8 Å². The molecule has 0 spiro atoms. The second-order valence-corrected chi connectivity index (χ2v) is 6.10. The minimum Gasteiger partial charge on any atom is -0.390 e. The zero-order valence-corrected chi connectivity index (χ0v) is 12.3. The summed E-state index contributed by atoms with van der Waals surface area (Å²) in [6.45, 7) is 5.00. The van der Waals surface area contributed by atoms with E-state index >= 15 is 0 Å². The Morgan fingerprint density at radius 1 is 1.30 bits per heavy atom. The van der Waals surface area contributed by atoms with E-state index in [0.717, 1.165) is 19.6 Å². The summed E-state index contributed by atoms with van der Waals surface area (Å²) in [5, 5.41) is 10.4. The van der Waals surface area contributed by atoms with Gasteiger partial charge < -0.3 is 9.84 Å². The number of rotatable bonds is 4. The zero-order chi connectivity index (χ0) is 13.9. The lowest BCUT2D eigenvalue weighted by Gasteiger charge is -2.37. The quantitative estimate of drug-likeness (QED) is 0.912. The Hall–Kier alpha value is -0.900. The van der Waals surface area contributed by atoms with Crippen LogP contribution in [0, 0.1) is 0 Å². The first-order valence-corrected chi connectivity index (χ1v) is 7.88. The van der Waals surface area contributed by atoms with Gasteiger partial charge >= 0.3 is 0 Å². The van der Waals surface area contributed by atoms with Crippen LogP contribution in [0.15, 0.2) is 24.3 Å². The SMILES string of the molecule is CCc1ccc(CC(O)C2CN3CCCC3CO2)cc1. The van der Waals surface area contributed by atoms with Gasteiger partial charge in [0.25, 0.3) is 0 Å². The van der Waals surface area contributed by atoms with Gasteiger partial charge in [0, 0.05) is 19.0 Å². The van der Waals surface area contributed by atoms with Gasteiger partial charge in [0.2, 0.25) is 0 Å². The lowest BCUT2D eigenvalue weighted by molar-refractivity contribution is -0.101. The lowest BCUT2D eigenvalue weighted by atomic mass is 10.0. The van der Waals surface area contributed by atoms with Gasteiger partial charge in [-0.2, -0.15) is 0 Å². The molecule has 110 valence electrons. The third kappa shape index (κ3) is 3.05. The van der Waals surface area contributed by atoms with Crippen molar-refractivity contribution >= 4 is 0 Å². The van der Waals surface area contributed by atoms with Crippen LogP contribution in [0.4, 0.5) is 0 Å². The Labute approximate surface area is 121 Å². The van der Waals surface area contributed by atoms with Gasteiger partial charge in [-0.25, -0.2) is 0 Å².